The second kappa shape index (κ2) is 3.50. The average Bonchev–Trinajstić information content (AvgIpc) is 2.92. The van der Waals surface area contributed by atoms with Gasteiger partial charge in [-0.25, -0.2) is 0 Å². The number of ketones is 1. The molecule has 0 bridgehead atoms. The number of H-pyrrole nitrogens is 1. The number of carbonyl (C=O) groups excluding carboxylic acids is 1. The molecule has 18 heavy (non-hydrogen) atoms. The molecular weight excluding hydrogens is 341 g/mol. The lowest BCUT2D eigenvalue weighted by molar-refractivity contribution is 0.103. The first-order valence-corrected chi connectivity index (χ1v) is 6.93. The van der Waals surface area contributed by atoms with Crippen molar-refractivity contribution in [3.8, 4) is 0 Å². The Morgan fingerprint density at radius 2 is 1.94 bits per heavy atom. The summed E-state index contributed by atoms with van der Waals surface area (Å²) >= 11 is 2.35. The number of hydrogen-bond acceptors (Lipinski definition) is 3. The Balaban J connectivity index is 2.00. The summed E-state index contributed by atoms with van der Waals surface area (Å²) in [6.07, 6.45) is 5.03. The fourth-order valence-corrected chi connectivity index (χ4v) is 3.25. The number of nitrogens with one attached hydrogen (secondary N) is 1. The number of hydrogen-bond donors (Lipinski definition) is 1. The number of Topliss-reactive ketones (excluding diaryl/α,β-unsaturated/α-hetero) is 1. The number of nitrogens with zero attached hydrogens (tertiary/aromatic N) is 2. The number of aromatic nitrogens is 3. The van der Waals surface area contributed by atoms with Crippen LogP contribution in [0.1, 0.15) is 22.3 Å². The molecule has 1 aromatic heterocycles. The zero-order valence-electron chi connectivity index (χ0n) is 9.27. The van der Waals surface area contributed by atoms with Crippen LogP contribution >= 0.6 is 22.6 Å². The van der Waals surface area contributed by atoms with E-state index >= 15 is 0 Å². The SMILES string of the molecule is O=C1C2=C(C=CC(I)C2)c2cc3n[nH]nc3cc21. The maximum Gasteiger partial charge on any atom is 0.190 e. The minimum atomic E-state index is 0.149. The molecule has 1 unspecified atom stereocenters. The lowest BCUT2D eigenvalue weighted by atomic mass is 9.98. The summed E-state index contributed by atoms with van der Waals surface area (Å²) in [6, 6.07) is 3.79. The topological polar surface area (TPSA) is 58.6 Å². The molecule has 1 N–H and O–H groups in total. The summed E-state index contributed by atoms with van der Waals surface area (Å²) in [6.45, 7) is 0. The molecule has 0 fully saturated rings. The van der Waals surface area contributed by atoms with Crippen molar-refractivity contribution in [1.82, 2.24) is 15.4 Å². The van der Waals surface area contributed by atoms with E-state index in [1.54, 1.807) is 0 Å². The molecule has 2 aromatic rings. The largest absolute Gasteiger partial charge is 0.289 e. The number of alkyl halides is 1. The van der Waals surface area contributed by atoms with E-state index in [-0.39, 0.29) is 5.78 Å². The van der Waals surface area contributed by atoms with Crippen LogP contribution in [-0.2, 0) is 0 Å². The van der Waals surface area contributed by atoms with E-state index in [2.05, 4.69) is 50.2 Å². The maximum absolute atomic E-state index is 12.4. The molecule has 0 spiro atoms. The van der Waals surface area contributed by atoms with Crippen molar-refractivity contribution >= 4 is 45.0 Å². The minimum Gasteiger partial charge on any atom is -0.289 e. The highest BCUT2D eigenvalue weighted by atomic mass is 127. The number of benzene rings is 1. The Morgan fingerprint density at radius 3 is 2.72 bits per heavy atom. The molecule has 0 amide bonds. The van der Waals surface area contributed by atoms with Crippen LogP contribution in [0.3, 0.4) is 0 Å². The van der Waals surface area contributed by atoms with E-state index in [0.29, 0.717) is 3.92 Å². The number of halogens is 1. The summed E-state index contributed by atoms with van der Waals surface area (Å²) in [5.41, 5.74) is 5.31. The third kappa shape index (κ3) is 1.28. The van der Waals surface area contributed by atoms with Gasteiger partial charge >= 0.3 is 0 Å². The Morgan fingerprint density at radius 1 is 1.22 bits per heavy atom. The standard InChI is InChI=1S/C13H8IN3O/c14-6-1-2-7-8-4-11-12(16-17-15-11)5-10(8)13(18)9(7)3-6/h1-2,4-6H,3H2,(H,15,16,17). The molecule has 0 saturated carbocycles. The van der Waals surface area contributed by atoms with Crippen molar-refractivity contribution < 1.29 is 4.79 Å². The molecule has 4 nitrogen and oxygen atoms in total. The van der Waals surface area contributed by atoms with Crippen molar-refractivity contribution in [2.45, 2.75) is 10.3 Å². The van der Waals surface area contributed by atoms with Crippen LogP contribution in [0.4, 0.5) is 0 Å². The molecule has 2 aliphatic rings. The highest BCUT2D eigenvalue weighted by molar-refractivity contribution is 14.1. The van der Waals surface area contributed by atoms with Crippen LogP contribution in [0.5, 0.6) is 0 Å². The molecule has 0 radical (unpaired) electrons. The quantitative estimate of drug-likeness (QED) is 0.588. The van der Waals surface area contributed by atoms with Gasteiger partial charge in [0.2, 0.25) is 0 Å². The van der Waals surface area contributed by atoms with E-state index in [9.17, 15) is 4.79 Å². The van der Waals surface area contributed by atoms with Gasteiger partial charge in [0.1, 0.15) is 11.0 Å². The third-order valence-corrected chi connectivity index (χ3v) is 4.32. The van der Waals surface area contributed by atoms with E-state index in [1.807, 2.05) is 12.1 Å². The summed E-state index contributed by atoms with van der Waals surface area (Å²) in [5.74, 6) is 0.149. The number of fused-ring (bicyclic) bond motifs is 3. The first-order valence-electron chi connectivity index (χ1n) is 5.69. The highest BCUT2D eigenvalue weighted by Gasteiger charge is 2.31. The van der Waals surface area contributed by atoms with Crippen LogP contribution in [0.2, 0.25) is 0 Å². The zero-order chi connectivity index (χ0) is 12.3. The normalized spacial score (nSPS) is 21.6. The molecule has 4 rings (SSSR count). The van der Waals surface area contributed by atoms with Gasteiger partial charge in [0, 0.05) is 15.1 Å². The van der Waals surface area contributed by atoms with Crippen molar-refractivity contribution in [2.75, 3.05) is 0 Å². The van der Waals surface area contributed by atoms with Crippen molar-refractivity contribution in [1.29, 1.82) is 0 Å². The zero-order valence-corrected chi connectivity index (χ0v) is 11.4. The van der Waals surface area contributed by atoms with Crippen LogP contribution in [0, 0.1) is 0 Å². The Labute approximate surface area is 116 Å². The number of rotatable bonds is 0. The van der Waals surface area contributed by atoms with Crippen molar-refractivity contribution in [3.05, 3.63) is 41.0 Å². The van der Waals surface area contributed by atoms with Gasteiger partial charge in [-0.15, -0.1) is 0 Å². The lowest BCUT2D eigenvalue weighted by Gasteiger charge is -2.11. The van der Waals surface area contributed by atoms with E-state index in [0.717, 1.165) is 39.7 Å². The molecule has 2 aliphatic carbocycles. The van der Waals surface area contributed by atoms with Gasteiger partial charge in [-0.1, -0.05) is 34.7 Å². The average molecular weight is 349 g/mol. The van der Waals surface area contributed by atoms with Gasteiger partial charge in [-0.2, -0.15) is 15.4 Å². The van der Waals surface area contributed by atoms with Crippen molar-refractivity contribution in [2.24, 2.45) is 0 Å². The number of allylic oxidation sites excluding steroid dienone is 4. The van der Waals surface area contributed by atoms with E-state index in [4.69, 9.17) is 0 Å². The third-order valence-electron chi connectivity index (χ3n) is 3.46. The molecule has 5 heteroatoms. The first kappa shape index (κ1) is 10.4. The second-order valence-corrected chi connectivity index (χ2v) is 6.11. The first-order chi connectivity index (χ1) is 8.74. The second-order valence-electron chi connectivity index (χ2n) is 4.51. The summed E-state index contributed by atoms with van der Waals surface area (Å²) in [5, 5.41) is 10.7. The predicted molar refractivity (Wildman–Crippen MR) is 76.7 cm³/mol. The Hall–Kier alpha value is -1.50. The molecule has 0 aliphatic heterocycles. The fraction of sp³-hybridized carbons (Fsp3) is 0.154. The smallest absolute Gasteiger partial charge is 0.190 e. The van der Waals surface area contributed by atoms with Crippen LogP contribution in [-0.4, -0.2) is 25.1 Å². The van der Waals surface area contributed by atoms with Gasteiger partial charge < -0.3 is 0 Å². The van der Waals surface area contributed by atoms with Gasteiger partial charge in [0.05, 0.1) is 0 Å². The van der Waals surface area contributed by atoms with Gasteiger partial charge in [-0.05, 0) is 29.7 Å². The van der Waals surface area contributed by atoms with Crippen LogP contribution in [0.25, 0.3) is 16.6 Å². The Bertz CT molecular complexity index is 757. The van der Waals surface area contributed by atoms with Crippen LogP contribution in [0.15, 0.2) is 29.9 Å². The Kier molecular flexibility index (Phi) is 2.03. The maximum atomic E-state index is 12.4. The predicted octanol–water partition coefficient (Wildman–Crippen LogP) is 2.67. The highest BCUT2D eigenvalue weighted by Crippen LogP contribution is 2.40. The van der Waals surface area contributed by atoms with Crippen molar-refractivity contribution in [3.63, 3.8) is 0 Å². The number of aromatic amines is 1. The summed E-state index contributed by atoms with van der Waals surface area (Å²) < 4.78 is 0.405. The monoisotopic (exact) mass is 349 g/mol. The summed E-state index contributed by atoms with van der Waals surface area (Å²) in [7, 11) is 0. The molecule has 1 heterocycles. The minimum absolute atomic E-state index is 0.149. The molecule has 1 aromatic carbocycles. The van der Waals surface area contributed by atoms with Gasteiger partial charge in [-0.3, -0.25) is 4.79 Å². The molecule has 0 saturated heterocycles. The van der Waals surface area contributed by atoms with E-state index in [1.165, 1.54) is 0 Å². The van der Waals surface area contributed by atoms with E-state index < -0.39 is 0 Å². The van der Waals surface area contributed by atoms with Crippen LogP contribution < -0.4 is 0 Å². The summed E-state index contributed by atoms with van der Waals surface area (Å²) in [4.78, 5) is 12.4. The number of carbonyl (C=O) groups is 1. The molecule has 88 valence electrons. The van der Waals surface area contributed by atoms with Gasteiger partial charge in [0.15, 0.2) is 5.78 Å². The molecule has 1 atom stereocenters. The molecular formula is C13H8IN3O. The fourth-order valence-electron chi connectivity index (χ4n) is 2.60. The van der Waals surface area contributed by atoms with Gasteiger partial charge in [0.25, 0.3) is 0 Å². The lowest BCUT2D eigenvalue weighted by Crippen LogP contribution is -2.06.